The van der Waals surface area contributed by atoms with Crippen molar-refractivity contribution in [2.75, 3.05) is 14.2 Å². The lowest BCUT2D eigenvalue weighted by molar-refractivity contribution is -0.140. The Morgan fingerprint density at radius 3 is 2.29 bits per heavy atom. The van der Waals surface area contributed by atoms with Crippen LogP contribution in [0.5, 0.6) is 0 Å². The molecule has 0 unspecified atom stereocenters. The summed E-state index contributed by atoms with van der Waals surface area (Å²) in [7, 11) is -1.54. The van der Waals surface area contributed by atoms with E-state index >= 15 is 0 Å². The molecule has 0 saturated heterocycles. The number of aliphatic carboxylic acids is 1. The van der Waals surface area contributed by atoms with Crippen molar-refractivity contribution in [3.05, 3.63) is 29.3 Å². The fourth-order valence-electron chi connectivity index (χ4n) is 2.01. The van der Waals surface area contributed by atoms with E-state index < -0.39 is 33.9 Å². The summed E-state index contributed by atoms with van der Waals surface area (Å²) >= 11 is 0. The van der Waals surface area contributed by atoms with Gasteiger partial charge in [-0.2, -0.15) is 4.72 Å². The zero-order valence-corrected chi connectivity index (χ0v) is 14.7. The van der Waals surface area contributed by atoms with E-state index in [9.17, 15) is 18.0 Å². The molecule has 24 heavy (non-hydrogen) atoms. The molecule has 0 aliphatic rings. The van der Waals surface area contributed by atoms with Crippen LogP contribution >= 0.6 is 0 Å². The monoisotopic (exact) mass is 359 g/mol. The highest BCUT2D eigenvalue weighted by atomic mass is 32.2. The van der Waals surface area contributed by atoms with E-state index in [1.165, 1.54) is 26.4 Å². The second kappa shape index (κ2) is 8.22. The van der Waals surface area contributed by atoms with Crippen LogP contribution in [0.4, 0.5) is 0 Å². The maximum absolute atomic E-state index is 12.5. The third-order valence-corrected chi connectivity index (χ3v) is 4.64. The molecule has 0 bridgehead atoms. The number of carbonyl (C=O) groups excluding carboxylic acids is 1. The highest BCUT2D eigenvalue weighted by molar-refractivity contribution is 7.89. The van der Waals surface area contributed by atoms with E-state index in [2.05, 4.69) is 9.46 Å². The van der Waals surface area contributed by atoms with E-state index in [1.54, 1.807) is 13.8 Å². The van der Waals surface area contributed by atoms with E-state index in [4.69, 9.17) is 9.84 Å². The van der Waals surface area contributed by atoms with Crippen molar-refractivity contribution in [3.8, 4) is 0 Å². The number of ether oxygens (including phenoxy) is 2. The van der Waals surface area contributed by atoms with Crippen molar-refractivity contribution < 1.29 is 32.6 Å². The van der Waals surface area contributed by atoms with Crippen LogP contribution < -0.4 is 4.72 Å². The van der Waals surface area contributed by atoms with Gasteiger partial charge >= 0.3 is 11.9 Å². The summed E-state index contributed by atoms with van der Waals surface area (Å²) in [5, 5.41) is 9.15. The lowest BCUT2D eigenvalue weighted by atomic mass is 10.1. The molecule has 8 nitrogen and oxygen atoms in total. The minimum absolute atomic E-state index is 0.0313. The number of esters is 1. The topological polar surface area (TPSA) is 119 Å². The standard InChI is InChI=1S/C15H21NO7S/c1-9(2)13(14(17)18)16-24(20,21)12-6-10(8-22-3)5-11(7-12)15(19)23-4/h5-7,9,13,16H,8H2,1-4H3,(H,17,18)/t13-/m1/s1. The van der Waals surface area contributed by atoms with Crippen molar-refractivity contribution in [2.45, 2.75) is 31.4 Å². The SMILES string of the molecule is COCc1cc(C(=O)OC)cc(S(=O)(=O)N[C@@H](C(=O)O)C(C)C)c1. The van der Waals surface area contributed by atoms with Gasteiger partial charge in [-0.3, -0.25) is 4.79 Å². The predicted octanol–water partition coefficient (Wildman–Crippen LogP) is 1.01. The molecule has 0 spiro atoms. The molecule has 134 valence electrons. The summed E-state index contributed by atoms with van der Waals surface area (Å²) in [5.41, 5.74) is 0.473. The van der Waals surface area contributed by atoms with Crippen molar-refractivity contribution in [2.24, 2.45) is 5.92 Å². The number of sulfonamides is 1. The first-order valence-electron chi connectivity index (χ1n) is 7.08. The van der Waals surface area contributed by atoms with Gasteiger partial charge in [0.05, 0.1) is 24.2 Å². The van der Waals surface area contributed by atoms with Gasteiger partial charge in [-0.1, -0.05) is 13.8 Å². The second-order valence-electron chi connectivity index (χ2n) is 5.47. The fourth-order valence-corrected chi connectivity index (χ4v) is 3.44. The van der Waals surface area contributed by atoms with Crippen LogP contribution in [0.25, 0.3) is 0 Å². The van der Waals surface area contributed by atoms with Gasteiger partial charge in [-0.15, -0.1) is 0 Å². The molecule has 0 amide bonds. The molecule has 0 radical (unpaired) electrons. The Kier molecular flexibility index (Phi) is 6.88. The molecule has 1 atom stereocenters. The molecule has 0 saturated carbocycles. The first-order valence-corrected chi connectivity index (χ1v) is 8.57. The maximum atomic E-state index is 12.5. The number of carbonyl (C=O) groups is 2. The lowest BCUT2D eigenvalue weighted by Crippen LogP contribution is -2.44. The average Bonchev–Trinajstić information content (AvgIpc) is 2.51. The zero-order chi connectivity index (χ0) is 18.5. The molecule has 0 heterocycles. The van der Waals surface area contributed by atoms with Crippen LogP contribution in [0.1, 0.15) is 29.8 Å². The zero-order valence-electron chi connectivity index (χ0n) is 13.9. The van der Waals surface area contributed by atoms with Gasteiger partial charge in [0.2, 0.25) is 10.0 Å². The summed E-state index contributed by atoms with van der Waals surface area (Å²) in [6, 6.07) is 2.61. The molecule has 2 N–H and O–H groups in total. The van der Waals surface area contributed by atoms with E-state index in [-0.39, 0.29) is 17.1 Å². The molecular formula is C15H21NO7S. The summed E-state index contributed by atoms with van der Waals surface area (Å²) in [6.45, 7) is 3.25. The van der Waals surface area contributed by atoms with Crippen LogP contribution in [0.2, 0.25) is 0 Å². The van der Waals surface area contributed by atoms with Crippen LogP contribution in [0.15, 0.2) is 23.1 Å². The van der Waals surface area contributed by atoms with Crippen molar-refractivity contribution in [1.29, 1.82) is 0 Å². The molecule has 1 aromatic carbocycles. The first-order chi connectivity index (χ1) is 11.1. The Morgan fingerprint density at radius 1 is 1.21 bits per heavy atom. The predicted molar refractivity (Wildman–Crippen MR) is 85.1 cm³/mol. The van der Waals surface area contributed by atoms with Gasteiger partial charge in [-0.05, 0) is 29.7 Å². The Labute approximate surface area is 140 Å². The van der Waals surface area contributed by atoms with Crippen LogP contribution in [-0.2, 0) is 30.9 Å². The van der Waals surface area contributed by atoms with Gasteiger partial charge in [-0.25, -0.2) is 13.2 Å². The quantitative estimate of drug-likeness (QED) is 0.665. The number of nitrogens with one attached hydrogen (secondary N) is 1. The van der Waals surface area contributed by atoms with Gasteiger partial charge in [0.1, 0.15) is 6.04 Å². The number of carboxylic acid groups (broad SMARTS) is 1. The fraction of sp³-hybridized carbons (Fsp3) is 0.467. The van der Waals surface area contributed by atoms with Gasteiger partial charge in [0, 0.05) is 7.11 Å². The highest BCUT2D eigenvalue weighted by Gasteiger charge is 2.28. The Balaban J connectivity index is 3.33. The summed E-state index contributed by atoms with van der Waals surface area (Å²) in [4.78, 5) is 22.7. The smallest absolute Gasteiger partial charge is 0.337 e. The largest absolute Gasteiger partial charge is 0.480 e. The minimum Gasteiger partial charge on any atom is -0.480 e. The van der Waals surface area contributed by atoms with Gasteiger partial charge in [0.15, 0.2) is 0 Å². The Hall–Kier alpha value is -1.97. The summed E-state index contributed by atoms with van der Waals surface area (Å²) in [5.74, 6) is -2.45. The maximum Gasteiger partial charge on any atom is 0.337 e. The minimum atomic E-state index is -4.15. The molecule has 0 aliphatic carbocycles. The van der Waals surface area contributed by atoms with E-state index in [0.29, 0.717) is 5.56 Å². The third kappa shape index (κ3) is 5.02. The Morgan fingerprint density at radius 2 is 1.83 bits per heavy atom. The molecule has 0 aliphatic heterocycles. The number of rotatable bonds is 8. The molecular weight excluding hydrogens is 338 g/mol. The molecule has 1 rings (SSSR count). The average molecular weight is 359 g/mol. The third-order valence-electron chi connectivity index (χ3n) is 3.22. The number of carboxylic acids is 1. The molecule has 1 aromatic rings. The van der Waals surface area contributed by atoms with E-state index in [1.807, 2.05) is 0 Å². The molecule has 0 fully saturated rings. The summed E-state index contributed by atoms with van der Waals surface area (Å²) in [6.07, 6.45) is 0. The lowest BCUT2D eigenvalue weighted by Gasteiger charge is -2.18. The molecule has 9 heteroatoms. The number of methoxy groups -OCH3 is 2. The first kappa shape index (κ1) is 20.1. The number of benzene rings is 1. The normalized spacial score (nSPS) is 12.9. The van der Waals surface area contributed by atoms with Crippen LogP contribution in [0, 0.1) is 5.92 Å². The highest BCUT2D eigenvalue weighted by Crippen LogP contribution is 2.18. The van der Waals surface area contributed by atoms with Crippen molar-refractivity contribution in [3.63, 3.8) is 0 Å². The molecule has 0 aromatic heterocycles. The number of hydrogen-bond acceptors (Lipinski definition) is 6. The second-order valence-corrected chi connectivity index (χ2v) is 7.19. The van der Waals surface area contributed by atoms with Crippen LogP contribution in [0.3, 0.4) is 0 Å². The van der Waals surface area contributed by atoms with Crippen LogP contribution in [-0.4, -0.2) is 45.7 Å². The summed E-state index contributed by atoms with van der Waals surface area (Å²) < 4.78 is 36.7. The van der Waals surface area contributed by atoms with Gasteiger partial charge in [0.25, 0.3) is 0 Å². The van der Waals surface area contributed by atoms with Gasteiger partial charge < -0.3 is 14.6 Å². The van der Waals surface area contributed by atoms with Crippen molar-refractivity contribution in [1.82, 2.24) is 4.72 Å². The van der Waals surface area contributed by atoms with Crippen molar-refractivity contribution >= 4 is 22.0 Å². The Bertz CT molecular complexity index is 713. The van der Waals surface area contributed by atoms with E-state index in [0.717, 1.165) is 6.07 Å². The number of hydrogen-bond donors (Lipinski definition) is 2.